The van der Waals surface area contributed by atoms with Crippen LogP contribution in [0.2, 0.25) is 0 Å². The number of aromatic nitrogens is 1. The third-order valence-electron chi connectivity index (χ3n) is 3.26. The summed E-state index contributed by atoms with van der Waals surface area (Å²) in [6, 6.07) is 12.7. The van der Waals surface area contributed by atoms with Gasteiger partial charge < -0.3 is 14.8 Å². The Morgan fingerprint density at radius 2 is 1.86 bits per heavy atom. The Labute approximate surface area is 127 Å². The molecule has 0 amide bonds. The van der Waals surface area contributed by atoms with Gasteiger partial charge in [0.2, 0.25) is 0 Å². The standard InChI is InChI=1S/C15H14N2O4S/c1-21-11-5-7-12(8-6-11)22(19,20)17-13-4-2-3-10-9-14(18)16-15(10)13/h2-9,16-18H,1H3. The van der Waals surface area contributed by atoms with E-state index < -0.39 is 10.0 Å². The SMILES string of the molecule is COc1ccc(S(=O)(=O)Nc2cccc3cc(O)[nH]c23)cc1. The average molecular weight is 318 g/mol. The first kappa shape index (κ1) is 14.3. The van der Waals surface area contributed by atoms with Crippen LogP contribution in [0.4, 0.5) is 5.69 Å². The molecule has 0 aliphatic carbocycles. The molecule has 7 heteroatoms. The summed E-state index contributed by atoms with van der Waals surface area (Å²) in [4.78, 5) is 2.85. The number of H-pyrrole nitrogens is 1. The van der Waals surface area contributed by atoms with E-state index in [0.29, 0.717) is 22.3 Å². The van der Waals surface area contributed by atoms with E-state index >= 15 is 0 Å². The maximum Gasteiger partial charge on any atom is 0.261 e. The minimum Gasteiger partial charge on any atom is -0.497 e. The number of ether oxygens (including phenoxy) is 1. The van der Waals surface area contributed by atoms with E-state index in [2.05, 4.69) is 9.71 Å². The van der Waals surface area contributed by atoms with Crippen LogP contribution in [0.3, 0.4) is 0 Å². The molecule has 2 aromatic carbocycles. The van der Waals surface area contributed by atoms with Crippen LogP contribution in [-0.4, -0.2) is 25.6 Å². The third kappa shape index (κ3) is 2.58. The van der Waals surface area contributed by atoms with Gasteiger partial charge in [-0.3, -0.25) is 4.72 Å². The number of anilines is 1. The van der Waals surface area contributed by atoms with Gasteiger partial charge in [-0.05, 0) is 30.3 Å². The highest BCUT2D eigenvalue weighted by Gasteiger charge is 2.16. The van der Waals surface area contributed by atoms with Crippen LogP contribution in [0, 0.1) is 0 Å². The molecule has 1 heterocycles. The van der Waals surface area contributed by atoms with E-state index in [1.54, 1.807) is 30.3 Å². The maximum absolute atomic E-state index is 12.4. The van der Waals surface area contributed by atoms with Crippen molar-refractivity contribution in [2.75, 3.05) is 11.8 Å². The molecule has 0 saturated carbocycles. The van der Waals surface area contributed by atoms with Crippen LogP contribution in [0.5, 0.6) is 11.6 Å². The minimum atomic E-state index is -3.73. The van der Waals surface area contributed by atoms with Crippen molar-refractivity contribution in [2.24, 2.45) is 0 Å². The molecule has 0 saturated heterocycles. The second kappa shape index (κ2) is 5.27. The second-order valence-electron chi connectivity index (χ2n) is 4.71. The summed E-state index contributed by atoms with van der Waals surface area (Å²) in [5, 5.41) is 10.2. The van der Waals surface area contributed by atoms with Crippen molar-refractivity contribution in [2.45, 2.75) is 4.90 Å². The van der Waals surface area contributed by atoms with Crippen molar-refractivity contribution in [1.82, 2.24) is 4.98 Å². The Balaban J connectivity index is 1.98. The molecular weight excluding hydrogens is 304 g/mol. The number of aromatic amines is 1. The first-order valence-corrected chi connectivity index (χ1v) is 7.95. The van der Waals surface area contributed by atoms with Gasteiger partial charge in [0, 0.05) is 11.5 Å². The van der Waals surface area contributed by atoms with Crippen LogP contribution >= 0.6 is 0 Å². The molecule has 0 bridgehead atoms. The van der Waals surface area contributed by atoms with Crippen LogP contribution in [0.1, 0.15) is 0 Å². The first-order valence-electron chi connectivity index (χ1n) is 6.47. The number of benzene rings is 2. The van der Waals surface area contributed by atoms with Crippen molar-refractivity contribution < 1.29 is 18.3 Å². The number of rotatable bonds is 4. The van der Waals surface area contributed by atoms with Gasteiger partial charge in [-0.25, -0.2) is 8.42 Å². The first-order chi connectivity index (χ1) is 10.5. The molecule has 6 nitrogen and oxygen atoms in total. The highest BCUT2D eigenvalue weighted by atomic mass is 32.2. The number of methoxy groups -OCH3 is 1. The predicted octanol–water partition coefficient (Wildman–Crippen LogP) is 2.68. The van der Waals surface area contributed by atoms with Gasteiger partial charge in [0.1, 0.15) is 5.75 Å². The summed E-state index contributed by atoms with van der Waals surface area (Å²) in [7, 11) is -2.21. The van der Waals surface area contributed by atoms with Crippen molar-refractivity contribution >= 4 is 26.6 Å². The number of fused-ring (bicyclic) bond motifs is 1. The lowest BCUT2D eigenvalue weighted by Crippen LogP contribution is -2.13. The zero-order valence-electron chi connectivity index (χ0n) is 11.7. The number of aromatic hydroxyl groups is 1. The second-order valence-corrected chi connectivity index (χ2v) is 6.39. The minimum absolute atomic E-state index is 0.0221. The Bertz CT molecular complexity index is 914. The maximum atomic E-state index is 12.4. The summed E-state index contributed by atoms with van der Waals surface area (Å²) in [5.41, 5.74) is 0.894. The molecule has 0 unspecified atom stereocenters. The quantitative estimate of drug-likeness (QED) is 0.689. The molecule has 0 aliphatic rings. The predicted molar refractivity (Wildman–Crippen MR) is 83.8 cm³/mol. The molecule has 1 aromatic heterocycles. The molecule has 0 radical (unpaired) electrons. The van der Waals surface area contributed by atoms with Crippen LogP contribution < -0.4 is 9.46 Å². The molecule has 3 N–H and O–H groups in total. The Kier molecular flexibility index (Phi) is 3.42. The van der Waals surface area contributed by atoms with Crippen LogP contribution in [0.15, 0.2) is 53.4 Å². The van der Waals surface area contributed by atoms with Gasteiger partial charge in [-0.2, -0.15) is 0 Å². The lowest BCUT2D eigenvalue weighted by Gasteiger charge is -2.09. The molecule has 3 rings (SSSR count). The van der Waals surface area contributed by atoms with E-state index in [1.165, 1.54) is 25.3 Å². The molecule has 22 heavy (non-hydrogen) atoms. The number of para-hydroxylation sites is 1. The normalized spacial score (nSPS) is 11.5. The van der Waals surface area contributed by atoms with Crippen molar-refractivity contribution in [1.29, 1.82) is 0 Å². The Morgan fingerprint density at radius 1 is 1.14 bits per heavy atom. The summed E-state index contributed by atoms with van der Waals surface area (Å²) in [5.74, 6) is 0.557. The van der Waals surface area contributed by atoms with Gasteiger partial charge in [0.05, 0.1) is 23.2 Å². The fourth-order valence-electron chi connectivity index (χ4n) is 2.19. The Morgan fingerprint density at radius 3 is 2.55 bits per heavy atom. The summed E-state index contributed by atoms with van der Waals surface area (Å²) in [6.45, 7) is 0. The highest BCUT2D eigenvalue weighted by molar-refractivity contribution is 7.92. The molecule has 114 valence electrons. The zero-order valence-corrected chi connectivity index (χ0v) is 12.5. The van der Waals surface area contributed by atoms with E-state index in [-0.39, 0.29) is 10.8 Å². The number of nitrogens with one attached hydrogen (secondary N) is 2. The summed E-state index contributed by atoms with van der Waals surface area (Å²) >= 11 is 0. The van der Waals surface area contributed by atoms with Crippen molar-refractivity contribution in [3.05, 3.63) is 48.5 Å². The van der Waals surface area contributed by atoms with E-state index in [9.17, 15) is 13.5 Å². The van der Waals surface area contributed by atoms with E-state index in [1.807, 2.05) is 0 Å². The lowest BCUT2D eigenvalue weighted by molar-refractivity contribution is 0.414. The monoisotopic (exact) mass is 318 g/mol. The third-order valence-corrected chi connectivity index (χ3v) is 4.64. The van der Waals surface area contributed by atoms with E-state index in [4.69, 9.17) is 4.74 Å². The van der Waals surface area contributed by atoms with Gasteiger partial charge in [0.15, 0.2) is 5.88 Å². The molecule has 0 spiro atoms. The van der Waals surface area contributed by atoms with Crippen molar-refractivity contribution in [3.63, 3.8) is 0 Å². The molecule has 0 fully saturated rings. The van der Waals surface area contributed by atoms with Crippen LogP contribution in [-0.2, 0) is 10.0 Å². The number of hydrogen-bond donors (Lipinski definition) is 3. The largest absolute Gasteiger partial charge is 0.497 e. The fourth-order valence-corrected chi connectivity index (χ4v) is 3.26. The topological polar surface area (TPSA) is 91.4 Å². The van der Waals surface area contributed by atoms with Gasteiger partial charge in [0.25, 0.3) is 10.0 Å². The van der Waals surface area contributed by atoms with Crippen LogP contribution in [0.25, 0.3) is 10.9 Å². The molecule has 0 atom stereocenters. The molecule has 3 aromatic rings. The molecule has 0 aliphatic heterocycles. The summed E-state index contributed by atoms with van der Waals surface area (Å²) in [6.07, 6.45) is 0. The highest BCUT2D eigenvalue weighted by Crippen LogP contribution is 2.28. The molecular formula is C15H14N2O4S. The number of hydrogen-bond acceptors (Lipinski definition) is 4. The summed E-state index contributed by atoms with van der Waals surface area (Å²) < 4.78 is 32.4. The van der Waals surface area contributed by atoms with E-state index in [0.717, 1.165) is 0 Å². The number of sulfonamides is 1. The average Bonchev–Trinajstić information content (AvgIpc) is 2.88. The van der Waals surface area contributed by atoms with Crippen molar-refractivity contribution in [3.8, 4) is 11.6 Å². The zero-order chi connectivity index (χ0) is 15.7. The fraction of sp³-hybridized carbons (Fsp3) is 0.0667. The van der Waals surface area contributed by atoms with Gasteiger partial charge >= 0.3 is 0 Å². The Hall–Kier alpha value is -2.67. The van der Waals surface area contributed by atoms with Gasteiger partial charge in [-0.1, -0.05) is 12.1 Å². The lowest BCUT2D eigenvalue weighted by atomic mass is 10.2. The smallest absolute Gasteiger partial charge is 0.261 e. The van der Waals surface area contributed by atoms with Gasteiger partial charge in [-0.15, -0.1) is 0 Å².